The predicted molar refractivity (Wildman–Crippen MR) is 89.1 cm³/mol. The number of hydrogen-bond donors (Lipinski definition) is 1. The minimum atomic E-state index is 0.370. The minimum absolute atomic E-state index is 0.370. The Balaban J connectivity index is 2.31. The predicted octanol–water partition coefficient (Wildman–Crippen LogP) is 3.11. The first-order valence-corrected chi connectivity index (χ1v) is 8.39. The van der Waals surface area contributed by atoms with Crippen molar-refractivity contribution in [2.45, 2.75) is 45.3 Å². The third-order valence-corrected chi connectivity index (χ3v) is 5.23. The van der Waals surface area contributed by atoms with Crippen molar-refractivity contribution < 1.29 is 0 Å². The van der Waals surface area contributed by atoms with Crippen molar-refractivity contribution in [2.24, 2.45) is 0 Å². The molecule has 1 aromatic rings. The standard InChI is InChI=1S/C15H26N4S/c1-6-12-17-13(16-5)11(2)14(18-12)19-8-7-15(3,4)20-10-9-19/h6-10H2,1-5H3,(H,16,17,18). The number of anilines is 2. The molecule has 1 aliphatic heterocycles. The van der Waals surface area contributed by atoms with Crippen molar-refractivity contribution in [3.8, 4) is 0 Å². The molecule has 2 rings (SSSR count). The SMILES string of the molecule is CCc1nc(NC)c(C)c(N2CCSC(C)(C)CC2)n1. The van der Waals surface area contributed by atoms with E-state index < -0.39 is 0 Å². The highest BCUT2D eigenvalue weighted by atomic mass is 32.2. The lowest BCUT2D eigenvalue weighted by atomic mass is 10.1. The molecule has 0 aliphatic carbocycles. The van der Waals surface area contributed by atoms with Gasteiger partial charge in [-0.15, -0.1) is 0 Å². The fourth-order valence-electron chi connectivity index (χ4n) is 2.49. The van der Waals surface area contributed by atoms with E-state index in [9.17, 15) is 0 Å². The summed E-state index contributed by atoms with van der Waals surface area (Å²) in [5.74, 6) is 4.15. The summed E-state index contributed by atoms with van der Waals surface area (Å²) in [5, 5.41) is 3.20. The van der Waals surface area contributed by atoms with Crippen LogP contribution in [0.2, 0.25) is 0 Å². The van der Waals surface area contributed by atoms with Crippen LogP contribution in [0.4, 0.5) is 11.6 Å². The summed E-state index contributed by atoms with van der Waals surface area (Å²) in [4.78, 5) is 11.8. The van der Waals surface area contributed by atoms with Gasteiger partial charge in [-0.3, -0.25) is 0 Å². The Morgan fingerprint density at radius 3 is 2.70 bits per heavy atom. The second-order valence-corrected chi connectivity index (χ2v) is 7.69. The Morgan fingerprint density at radius 2 is 2.05 bits per heavy atom. The van der Waals surface area contributed by atoms with Crippen molar-refractivity contribution in [2.75, 3.05) is 36.1 Å². The van der Waals surface area contributed by atoms with Crippen molar-refractivity contribution in [1.82, 2.24) is 9.97 Å². The zero-order valence-corrected chi connectivity index (χ0v) is 14.1. The van der Waals surface area contributed by atoms with Crippen molar-refractivity contribution in [3.63, 3.8) is 0 Å². The Morgan fingerprint density at radius 1 is 1.30 bits per heavy atom. The van der Waals surface area contributed by atoms with E-state index >= 15 is 0 Å². The third kappa shape index (κ3) is 3.37. The summed E-state index contributed by atoms with van der Waals surface area (Å²) in [6, 6.07) is 0. The smallest absolute Gasteiger partial charge is 0.137 e. The maximum atomic E-state index is 4.78. The average Bonchev–Trinajstić information content (AvgIpc) is 2.60. The van der Waals surface area contributed by atoms with Crippen LogP contribution in [-0.4, -0.2) is 40.6 Å². The summed E-state index contributed by atoms with van der Waals surface area (Å²) >= 11 is 2.06. The molecule has 1 fully saturated rings. The van der Waals surface area contributed by atoms with Gasteiger partial charge in [0.15, 0.2) is 0 Å². The number of nitrogens with zero attached hydrogens (tertiary/aromatic N) is 3. The van der Waals surface area contributed by atoms with E-state index in [1.807, 2.05) is 7.05 Å². The Hall–Kier alpha value is -0.970. The number of hydrogen-bond acceptors (Lipinski definition) is 5. The molecule has 0 radical (unpaired) electrons. The van der Waals surface area contributed by atoms with Gasteiger partial charge in [0, 0.05) is 42.6 Å². The number of aromatic nitrogens is 2. The quantitative estimate of drug-likeness (QED) is 0.927. The molecule has 0 spiro atoms. The van der Waals surface area contributed by atoms with Gasteiger partial charge in [-0.25, -0.2) is 9.97 Å². The molecule has 0 amide bonds. The number of thioether (sulfide) groups is 1. The lowest BCUT2D eigenvalue weighted by Gasteiger charge is -2.25. The van der Waals surface area contributed by atoms with Crippen LogP contribution in [0, 0.1) is 6.92 Å². The highest BCUT2D eigenvalue weighted by Crippen LogP contribution is 2.33. The number of aryl methyl sites for hydroxylation is 1. The second-order valence-electron chi connectivity index (χ2n) is 5.89. The largest absolute Gasteiger partial charge is 0.373 e. The van der Waals surface area contributed by atoms with Crippen LogP contribution in [0.1, 0.15) is 38.6 Å². The third-order valence-electron chi connectivity index (χ3n) is 3.86. The molecule has 0 saturated carbocycles. The molecule has 4 nitrogen and oxygen atoms in total. The highest BCUT2D eigenvalue weighted by Gasteiger charge is 2.25. The molecule has 1 N–H and O–H groups in total. The monoisotopic (exact) mass is 294 g/mol. The Kier molecular flexibility index (Phi) is 4.78. The number of rotatable bonds is 3. The summed E-state index contributed by atoms with van der Waals surface area (Å²) in [6.07, 6.45) is 2.06. The molecule has 1 saturated heterocycles. The first-order valence-electron chi connectivity index (χ1n) is 7.41. The van der Waals surface area contributed by atoms with Gasteiger partial charge in [0.1, 0.15) is 17.5 Å². The van der Waals surface area contributed by atoms with E-state index in [-0.39, 0.29) is 0 Å². The first kappa shape index (κ1) is 15.4. The summed E-state index contributed by atoms with van der Waals surface area (Å²) < 4.78 is 0.370. The van der Waals surface area contributed by atoms with Gasteiger partial charge < -0.3 is 10.2 Å². The molecule has 112 valence electrons. The Bertz CT molecular complexity index is 473. The molecule has 0 bridgehead atoms. The van der Waals surface area contributed by atoms with Crippen LogP contribution in [0.3, 0.4) is 0 Å². The lowest BCUT2D eigenvalue weighted by molar-refractivity contribution is 0.633. The molecule has 2 heterocycles. The van der Waals surface area contributed by atoms with Gasteiger partial charge in [-0.05, 0) is 13.3 Å². The summed E-state index contributed by atoms with van der Waals surface area (Å²) in [7, 11) is 1.93. The molecule has 0 atom stereocenters. The van der Waals surface area contributed by atoms with Crippen LogP contribution in [-0.2, 0) is 6.42 Å². The van der Waals surface area contributed by atoms with Crippen LogP contribution < -0.4 is 10.2 Å². The van der Waals surface area contributed by atoms with Gasteiger partial charge in [-0.1, -0.05) is 20.8 Å². The molecule has 5 heteroatoms. The fraction of sp³-hybridized carbons (Fsp3) is 0.733. The van der Waals surface area contributed by atoms with Gasteiger partial charge in [0.25, 0.3) is 0 Å². The number of nitrogens with one attached hydrogen (secondary N) is 1. The summed E-state index contributed by atoms with van der Waals surface area (Å²) in [6.45, 7) is 11.0. The van der Waals surface area contributed by atoms with Crippen molar-refractivity contribution in [1.29, 1.82) is 0 Å². The van der Waals surface area contributed by atoms with E-state index in [2.05, 4.69) is 54.7 Å². The van der Waals surface area contributed by atoms with E-state index in [0.717, 1.165) is 48.3 Å². The molecule has 0 aromatic carbocycles. The lowest BCUT2D eigenvalue weighted by Crippen LogP contribution is -2.29. The molecular weight excluding hydrogens is 268 g/mol. The first-order chi connectivity index (χ1) is 9.46. The van der Waals surface area contributed by atoms with E-state index in [4.69, 9.17) is 4.98 Å². The fourth-order valence-corrected chi connectivity index (χ4v) is 3.59. The van der Waals surface area contributed by atoms with Crippen molar-refractivity contribution >= 4 is 23.4 Å². The average molecular weight is 294 g/mol. The molecule has 0 unspecified atom stereocenters. The maximum Gasteiger partial charge on any atom is 0.137 e. The van der Waals surface area contributed by atoms with Crippen LogP contribution in [0.25, 0.3) is 0 Å². The van der Waals surface area contributed by atoms with Crippen LogP contribution in [0.15, 0.2) is 0 Å². The molecule has 20 heavy (non-hydrogen) atoms. The topological polar surface area (TPSA) is 41.1 Å². The zero-order chi connectivity index (χ0) is 14.8. The van der Waals surface area contributed by atoms with Crippen LogP contribution in [0.5, 0.6) is 0 Å². The molecule has 1 aliphatic rings. The maximum absolute atomic E-state index is 4.78. The second kappa shape index (κ2) is 6.20. The van der Waals surface area contributed by atoms with E-state index in [0.29, 0.717) is 4.75 Å². The molecular formula is C15H26N4S. The highest BCUT2D eigenvalue weighted by molar-refractivity contribution is 8.00. The van der Waals surface area contributed by atoms with Gasteiger partial charge in [0.2, 0.25) is 0 Å². The molecule has 1 aromatic heterocycles. The van der Waals surface area contributed by atoms with Crippen LogP contribution >= 0.6 is 11.8 Å². The van der Waals surface area contributed by atoms with Gasteiger partial charge >= 0.3 is 0 Å². The van der Waals surface area contributed by atoms with Crippen molar-refractivity contribution in [3.05, 3.63) is 11.4 Å². The Labute approximate surface area is 126 Å². The normalized spacial score (nSPS) is 18.8. The van der Waals surface area contributed by atoms with Gasteiger partial charge in [0.05, 0.1) is 0 Å². The summed E-state index contributed by atoms with van der Waals surface area (Å²) in [5.41, 5.74) is 1.16. The zero-order valence-electron chi connectivity index (χ0n) is 13.3. The minimum Gasteiger partial charge on any atom is -0.373 e. The van der Waals surface area contributed by atoms with Gasteiger partial charge in [-0.2, -0.15) is 11.8 Å². The van der Waals surface area contributed by atoms with E-state index in [1.165, 1.54) is 6.42 Å². The van der Waals surface area contributed by atoms with E-state index in [1.54, 1.807) is 0 Å².